The molecule has 1 saturated heterocycles. The summed E-state index contributed by atoms with van der Waals surface area (Å²) < 4.78 is 0. The van der Waals surface area contributed by atoms with Crippen LogP contribution in [0.1, 0.15) is 19.8 Å². The number of hydrogen-bond acceptors (Lipinski definition) is 5. The van der Waals surface area contributed by atoms with Crippen LogP contribution in [-0.4, -0.2) is 39.7 Å². The molecule has 80 valence electrons. The van der Waals surface area contributed by atoms with Crippen molar-refractivity contribution in [3.05, 3.63) is 12.4 Å². The second-order valence-electron chi connectivity index (χ2n) is 3.87. The Morgan fingerprint density at radius 3 is 2.53 bits per heavy atom. The summed E-state index contributed by atoms with van der Waals surface area (Å²) in [7, 11) is -1.49. The standard InChI is InChI=1S/C9H14BN3O2/c1-7-3-2-4-13(7)9-11-5-8(6-12-9)10(14)15/h5-7,14-15H,2-4H2,1H3/t7-/m1/s1. The molecule has 2 heterocycles. The average Bonchev–Trinajstić information content (AvgIpc) is 2.65. The molecule has 1 aliphatic heterocycles. The van der Waals surface area contributed by atoms with Gasteiger partial charge in [0.1, 0.15) is 0 Å². The minimum Gasteiger partial charge on any atom is -0.423 e. The fourth-order valence-electron chi connectivity index (χ4n) is 1.84. The van der Waals surface area contributed by atoms with Gasteiger partial charge >= 0.3 is 7.12 Å². The molecule has 2 rings (SSSR count). The van der Waals surface area contributed by atoms with Gasteiger partial charge in [-0.25, -0.2) is 9.97 Å². The molecular formula is C9H14BN3O2. The van der Waals surface area contributed by atoms with E-state index >= 15 is 0 Å². The molecule has 0 aromatic carbocycles. The molecule has 0 bridgehead atoms. The quantitative estimate of drug-likeness (QED) is 0.618. The molecule has 15 heavy (non-hydrogen) atoms. The molecule has 0 spiro atoms. The van der Waals surface area contributed by atoms with Gasteiger partial charge in [0.2, 0.25) is 5.95 Å². The second-order valence-corrected chi connectivity index (χ2v) is 3.87. The molecule has 0 aliphatic carbocycles. The van der Waals surface area contributed by atoms with Gasteiger partial charge < -0.3 is 14.9 Å². The highest BCUT2D eigenvalue weighted by Gasteiger charge is 2.23. The van der Waals surface area contributed by atoms with Crippen LogP contribution >= 0.6 is 0 Å². The fourth-order valence-corrected chi connectivity index (χ4v) is 1.84. The molecule has 5 nitrogen and oxygen atoms in total. The van der Waals surface area contributed by atoms with Crippen molar-refractivity contribution in [1.82, 2.24) is 9.97 Å². The minimum atomic E-state index is -1.49. The SMILES string of the molecule is C[C@@H]1CCCN1c1ncc(B(O)O)cn1. The highest BCUT2D eigenvalue weighted by molar-refractivity contribution is 6.58. The molecule has 0 radical (unpaired) electrons. The lowest BCUT2D eigenvalue weighted by atomic mass is 9.83. The third-order valence-corrected chi connectivity index (χ3v) is 2.77. The van der Waals surface area contributed by atoms with Crippen molar-refractivity contribution in [3.8, 4) is 0 Å². The van der Waals surface area contributed by atoms with Gasteiger partial charge in [-0.05, 0) is 19.8 Å². The Bertz CT molecular complexity index is 331. The van der Waals surface area contributed by atoms with Gasteiger partial charge in [-0.1, -0.05) is 0 Å². The first-order valence-corrected chi connectivity index (χ1v) is 5.13. The maximum Gasteiger partial charge on any atom is 0.491 e. The molecule has 0 saturated carbocycles. The average molecular weight is 207 g/mol. The van der Waals surface area contributed by atoms with E-state index in [1.54, 1.807) is 0 Å². The zero-order valence-electron chi connectivity index (χ0n) is 8.67. The molecule has 0 amide bonds. The fraction of sp³-hybridized carbons (Fsp3) is 0.556. The minimum absolute atomic E-state index is 0.325. The van der Waals surface area contributed by atoms with Gasteiger partial charge in [0.15, 0.2) is 0 Å². The van der Waals surface area contributed by atoms with E-state index in [0.717, 1.165) is 19.4 Å². The van der Waals surface area contributed by atoms with Gasteiger partial charge in [-0.15, -0.1) is 0 Å². The molecule has 6 heteroatoms. The van der Waals surface area contributed by atoms with Gasteiger partial charge in [0.25, 0.3) is 0 Å². The van der Waals surface area contributed by atoms with Gasteiger partial charge in [-0.3, -0.25) is 0 Å². The van der Waals surface area contributed by atoms with E-state index in [0.29, 0.717) is 17.5 Å². The molecule has 2 N–H and O–H groups in total. The van der Waals surface area contributed by atoms with Gasteiger partial charge in [0, 0.05) is 30.4 Å². The topological polar surface area (TPSA) is 69.5 Å². The Kier molecular flexibility index (Phi) is 2.88. The number of hydrogen-bond donors (Lipinski definition) is 2. The first-order chi connectivity index (χ1) is 7.18. The number of rotatable bonds is 2. The van der Waals surface area contributed by atoms with Crippen molar-refractivity contribution < 1.29 is 10.0 Å². The van der Waals surface area contributed by atoms with E-state index in [2.05, 4.69) is 21.8 Å². The lowest BCUT2D eigenvalue weighted by molar-refractivity contribution is 0.425. The summed E-state index contributed by atoms with van der Waals surface area (Å²) >= 11 is 0. The second kappa shape index (κ2) is 4.16. The highest BCUT2D eigenvalue weighted by Crippen LogP contribution is 2.20. The van der Waals surface area contributed by atoms with Crippen molar-refractivity contribution in [3.63, 3.8) is 0 Å². The molecule has 1 aliphatic rings. The molecule has 1 fully saturated rings. The summed E-state index contributed by atoms with van der Waals surface area (Å²) in [6.07, 6.45) is 5.23. The monoisotopic (exact) mass is 207 g/mol. The largest absolute Gasteiger partial charge is 0.491 e. The molecular weight excluding hydrogens is 193 g/mol. The van der Waals surface area contributed by atoms with Gasteiger partial charge in [0.05, 0.1) is 0 Å². The van der Waals surface area contributed by atoms with E-state index in [4.69, 9.17) is 10.0 Å². The predicted molar refractivity (Wildman–Crippen MR) is 57.9 cm³/mol. The smallest absolute Gasteiger partial charge is 0.423 e. The number of anilines is 1. The number of aromatic nitrogens is 2. The normalized spacial score (nSPS) is 20.7. The van der Waals surface area contributed by atoms with Crippen LogP contribution in [0.25, 0.3) is 0 Å². The van der Waals surface area contributed by atoms with Crippen LogP contribution in [0.2, 0.25) is 0 Å². The lowest BCUT2D eigenvalue weighted by Crippen LogP contribution is -2.33. The van der Waals surface area contributed by atoms with Crippen LogP contribution in [0, 0.1) is 0 Å². The van der Waals surface area contributed by atoms with Crippen LogP contribution in [0.15, 0.2) is 12.4 Å². The van der Waals surface area contributed by atoms with E-state index in [9.17, 15) is 0 Å². The van der Waals surface area contributed by atoms with E-state index < -0.39 is 7.12 Å². The van der Waals surface area contributed by atoms with Crippen LogP contribution in [-0.2, 0) is 0 Å². The van der Waals surface area contributed by atoms with E-state index in [1.165, 1.54) is 12.4 Å². The maximum absolute atomic E-state index is 8.89. The van der Waals surface area contributed by atoms with Crippen molar-refractivity contribution in [2.24, 2.45) is 0 Å². The molecule has 1 atom stereocenters. The maximum atomic E-state index is 8.89. The zero-order valence-corrected chi connectivity index (χ0v) is 8.67. The molecule has 1 aromatic rings. The third kappa shape index (κ3) is 2.10. The van der Waals surface area contributed by atoms with Crippen LogP contribution in [0.3, 0.4) is 0 Å². The predicted octanol–water partition coefficient (Wildman–Crippen LogP) is -0.855. The Morgan fingerprint density at radius 2 is 2.07 bits per heavy atom. The number of nitrogens with zero attached hydrogens (tertiary/aromatic N) is 3. The summed E-state index contributed by atoms with van der Waals surface area (Å²) in [6.45, 7) is 3.12. The summed E-state index contributed by atoms with van der Waals surface area (Å²) in [5, 5.41) is 17.8. The Labute approximate surface area is 88.9 Å². The Balaban J connectivity index is 2.16. The van der Waals surface area contributed by atoms with Crippen LogP contribution in [0.5, 0.6) is 0 Å². The van der Waals surface area contributed by atoms with E-state index in [-0.39, 0.29) is 0 Å². The first-order valence-electron chi connectivity index (χ1n) is 5.13. The first kappa shape index (κ1) is 10.4. The van der Waals surface area contributed by atoms with Crippen LogP contribution < -0.4 is 10.4 Å². The summed E-state index contributed by atoms with van der Waals surface area (Å²) in [5.41, 5.74) is 0.325. The Morgan fingerprint density at radius 1 is 1.40 bits per heavy atom. The van der Waals surface area contributed by atoms with Crippen molar-refractivity contribution in [2.75, 3.05) is 11.4 Å². The zero-order chi connectivity index (χ0) is 10.8. The van der Waals surface area contributed by atoms with Crippen molar-refractivity contribution >= 4 is 18.5 Å². The lowest BCUT2D eigenvalue weighted by Gasteiger charge is -2.20. The van der Waals surface area contributed by atoms with Crippen LogP contribution in [0.4, 0.5) is 5.95 Å². The van der Waals surface area contributed by atoms with Gasteiger partial charge in [-0.2, -0.15) is 0 Å². The summed E-state index contributed by atoms with van der Waals surface area (Å²) in [4.78, 5) is 10.4. The highest BCUT2D eigenvalue weighted by atomic mass is 16.4. The Hall–Kier alpha value is -1.14. The molecule has 1 aromatic heterocycles. The summed E-state index contributed by atoms with van der Waals surface area (Å²) in [6, 6.07) is 0.468. The van der Waals surface area contributed by atoms with Crippen molar-refractivity contribution in [1.29, 1.82) is 0 Å². The third-order valence-electron chi connectivity index (χ3n) is 2.77. The summed E-state index contributed by atoms with van der Waals surface area (Å²) in [5.74, 6) is 0.671. The van der Waals surface area contributed by atoms with E-state index in [1.807, 2.05) is 0 Å². The van der Waals surface area contributed by atoms with Crippen molar-refractivity contribution in [2.45, 2.75) is 25.8 Å². The molecule has 0 unspecified atom stereocenters.